The standard InChI is InChI=1S/C20H20N6O2/c1-4-28-20(27)15-11-22-25(18(15)21)16-10-12(2)23-19-13(3)17(24-26(16)19)14-8-6-5-7-9-14/h5-11H,4,21H2,1-3H3. The van der Waals surface area contributed by atoms with Gasteiger partial charge in [-0.3, -0.25) is 0 Å². The molecule has 1 aromatic carbocycles. The molecule has 0 amide bonds. The second kappa shape index (κ2) is 6.80. The smallest absolute Gasteiger partial charge is 0.343 e. The molecule has 3 heterocycles. The molecule has 142 valence electrons. The summed E-state index contributed by atoms with van der Waals surface area (Å²) >= 11 is 0. The second-order valence-corrected chi connectivity index (χ2v) is 6.41. The van der Waals surface area contributed by atoms with Crippen LogP contribution in [-0.4, -0.2) is 37.0 Å². The van der Waals surface area contributed by atoms with Gasteiger partial charge in [-0.05, 0) is 20.8 Å². The molecule has 8 heteroatoms. The molecule has 3 aromatic heterocycles. The molecule has 0 aliphatic carbocycles. The first kappa shape index (κ1) is 17.7. The molecule has 2 N–H and O–H groups in total. The molecule has 0 unspecified atom stereocenters. The number of nitrogen functional groups attached to an aromatic ring is 1. The van der Waals surface area contributed by atoms with Crippen LogP contribution in [0.1, 0.15) is 28.5 Å². The van der Waals surface area contributed by atoms with Gasteiger partial charge in [0.2, 0.25) is 0 Å². The Morgan fingerprint density at radius 3 is 2.68 bits per heavy atom. The summed E-state index contributed by atoms with van der Waals surface area (Å²) in [6.45, 7) is 5.88. The van der Waals surface area contributed by atoms with Crippen LogP contribution in [0, 0.1) is 13.8 Å². The van der Waals surface area contributed by atoms with Crippen LogP contribution in [0.4, 0.5) is 5.82 Å². The van der Waals surface area contributed by atoms with Crippen molar-refractivity contribution < 1.29 is 9.53 Å². The zero-order chi connectivity index (χ0) is 19.8. The lowest BCUT2D eigenvalue weighted by Crippen LogP contribution is -2.12. The van der Waals surface area contributed by atoms with Gasteiger partial charge in [0.1, 0.15) is 11.4 Å². The number of aryl methyl sites for hydroxylation is 2. The predicted octanol–water partition coefficient (Wildman–Crippen LogP) is 2.96. The molecule has 0 aliphatic heterocycles. The first-order chi connectivity index (χ1) is 13.5. The summed E-state index contributed by atoms with van der Waals surface area (Å²) in [5, 5.41) is 9.05. The van der Waals surface area contributed by atoms with Gasteiger partial charge in [0.05, 0.1) is 18.5 Å². The Labute approximate surface area is 161 Å². The Morgan fingerprint density at radius 1 is 1.21 bits per heavy atom. The van der Waals surface area contributed by atoms with E-state index in [1.807, 2.05) is 50.2 Å². The number of nitrogens with two attached hydrogens (primary N) is 1. The average Bonchev–Trinajstić information content (AvgIpc) is 3.23. The Bertz CT molecular complexity index is 1180. The number of esters is 1. The Balaban J connectivity index is 1.93. The van der Waals surface area contributed by atoms with Crippen molar-refractivity contribution in [3.05, 3.63) is 59.4 Å². The fourth-order valence-corrected chi connectivity index (χ4v) is 3.15. The monoisotopic (exact) mass is 376 g/mol. The highest BCUT2D eigenvalue weighted by molar-refractivity contribution is 5.94. The van der Waals surface area contributed by atoms with Crippen LogP contribution in [0.15, 0.2) is 42.6 Å². The number of anilines is 1. The van der Waals surface area contributed by atoms with E-state index in [0.29, 0.717) is 11.5 Å². The van der Waals surface area contributed by atoms with E-state index in [0.717, 1.165) is 22.5 Å². The maximum atomic E-state index is 12.1. The van der Waals surface area contributed by atoms with Crippen molar-refractivity contribution in [1.82, 2.24) is 24.4 Å². The molecule has 0 radical (unpaired) electrons. The van der Waals surface area contributed by atoms with E-state index in [1.54, 1.807) is 11.4 Å². The molecular weight excluding hydrogens is 356 g/mol. The van der Waals surface area contributed by atoms with Gasteiger partial charge < -0.3 is 10.5 Å². The Morgan fingerprint density at radius 2 is 1.96 bits per heavy atom. The van der Waals surface area contributed by atoms with Crippen LogP contribution in [0.5, 0.6) is 0 Å². The summed E-state index contributed by atoms with van der Waals surface area (Å²) < 4.78 is 8.22. The Hall–Kier alpha value is -3.68. The summed E-state index contributed by atoms with van der Waals surface area (Å²) in [5.74, 6) is 0.287. The van der Waals surface area contributed by atoms with E-state index in [1.165, 1.54) is 10.9 Å². The zero-order valence-corrected chi connectivity index (χ0v) is 15.9. The summed E-state index contributed by atoms with van der Waals surface area (Å²) in [7, 11) is 0. The highest BCUT2D eigenvalue weighted by Gasteiger charge is 2.21. The van der Waals surface area contributed by atoms with E-state index < -0.39 is 5.97 Å². The number of nitrogens with zero attached hydrogens (tertiary/aromatic N) is 5. The highest BCUT2D eigenvalue weighted by atomic mass is 16.5. The second-order valence-electron chi connectivity index (χ2n) is 6.41. The van der Waals surface area contributed by atoms with E-state index in [-0.39, 0.29) is 18.0 Å². The number of rotatable bonds is 4. The molecule has 0 atom stereocenters. The van der Waals surface area contributed by atoms with E-state index >= 15 is 0 Å². The fourth-order valence-electron chi connectivity index (χ4n) is 3.15. The summed E-state index contributed by atoms with van der Waals surface area (Å²) in [5.41, 5.74) is 10.7. The molecule has 0 saturated carbocycles. The lowest BCUT2D eigenvalue weighted by atomic mass is 10.1. The molecule has 8 nitrogen and oxygen atoms in total. The minimum absolute atomic E-state index is 0.194. The number of hydrogen-bond donors (Lipinski definition) is 1. The van der Waals surface area contributed by atoms with Gasteiger partial charge in [-0.1, -0.05) is 30.3 Å². The minimum Gasteiger partial charge on any atom is -0.462 e. The van der Waals surface area contributed by atoms with Crippen LogP contribution >= 0.6 is 0 Å². The molecule has 28 heavy (non-hydrogen) atoms. The van der Waals surface area contributed by atoms with Gasteiger partial charge in [-0.25, -0.2) is 9.78 Å². The first-order valence-corrected chi connectivity index (χ1v) is 8.94. The summed E-state index contributed by atoms with van der Waals surface area (Å²) in [4.78, 5) is 16.7. The van der Waals surface area contributed by atoms with E-state index in [2.05, 4.69) is 10.1 Å². The SMILES string of the molecule is CCOC(=O)c1cnn(-c2cc(C)nc3c(C)c(-c4ccccc4)nn23)c1N. The van der Waals surface area contributed by atoms with Gasteiger partial charge in [0.15, 0.2) is 11.5 Å². The summed E-state index contributed by atoms with van der Waals surface area (Å²) in [6, 6.07) is 11.7. The molecule has 4 rings (SSSR count). The van der Waals surface area contributed by atoms with Crippen molar-refractivity contribution >= 4 is 17.4 Å². The number of hydrogen-bond acceptors (Lipinski definition) is 6. The first-order valence-electron chi connectivity index (χ1n) is 8.94. The van der Waals surface area contributed by atoms with Crippen molar-refractivity contribution in [2.45, 2.75) is 20.8 Å². The van der Waals surface area contributed by atoms with Crippen molar-refractivity contribution in [3.63, 3.8) is 0 Å². The third-order valence-electron chi connectivity index (χ3n) is 4.49. The zero-order valence-electron chi connectivity index (χ0n) is 15.9. The van der Waals surface area contributed by atoms with Gasteiger partial charge >= 0.3 is 5.97 Å². The van der Waals surface area contributed by atoms with Crippen LogP contribution in [0.25, 0.3) is 22.7 Å². The van der Waals surface area contributed by atoms with Gasteiger partial charge in [-0.15, -0.1) is 0 Å². The van der Waals surface area contributed by atoms with Gasteiger partial charge in [-0.2, -0.15) is 19.4 Å². The van der Waals surface area contributed by atoms with E-state index in [4.69, 9.17) is 15.6 Å². The summed E-state index contributed by atoms with van der Waals surface area (Å²) in [6.07, 6.45) is 1.41. The molecule has 0 fully saturated rings. The normalized spacial score (nSPS) is 11.1. The van der Waals surface area contributed by atoms with Crippen molar-refractivity contribution in [2.24, 2.45) is 0 Å². The number of ether oxygens (including phenoxy) is 1. The molecular formula is C20H20N6O2. The van der Waals surface area contributed by atoms with Gasteiger partial charge in [0, 0.05) is 22.9 Å². The maximum Gasteiger partial charge on any atom is 0.343 e. The molecule has 0 spiro atoms. The molecule has 0 saturated heterocycles. The molecule has 0 aliphatic rings. The van der Waals surface area contributed by atoms with Gasteiger partial charge in [0.25, 0.3) is 0 Å². The topological polar surface area (TPSA) is 100 Å². The van der Waals surface area contributed by atoms with Crippen LogP contribution in [0.2, 0.25) is 0 Å². The third-order valence-corrected chi connectivity index (χ3v) is 4.49. The third kappa shape index (κ3) is 2.79. The van der Waals surface area contributed by atoms with Crippen molar-refractivity contribution in [2.75, 3.05) is 12.3 Å². The molecule has 4 aromatic rings. The van der Waals surface area contributed by atoms with E-state index in [9.17, 15) is 4.79 Å². The van der Waals surface area contributed by atoms with Crippen molar-refractivity contribution in [1.29, 1.82) is 0 Å². The number of fused-ring (bicyclic) bond motifs is 1. The maximum absolute atomic E-state index is 12.1. The lowest BCUT2D eigenvalue weighted by Gasteiger charge is -2.08. The van der Waals surface area contributed by atoms with Crippen molar-refractivity contribution in [3.8, 4) is 17.1 Å². The fraction of sp³-hybridized carbons (Fsp3) is 0.200. The average molecular weight is 376 g/mol. The number of aromatic nitrogens is 5. The highest BCUT2D eigenvalue weighted by Crippen LogP contribution is 2.27. The lowest BCUT2D eigenvalue weighted by molar-refractivity contribution is 0.0527. The largest absolute Gasteiger partial charge is 0.462 e. The number of carbonyl (C=O) groups is 1. The van der Waals surface area contributed by atoms with Crippen LogP contribution in [-0.2, 0) is 4.74 Å². The quantitative estimate of drug-likeness (QED) is 0.550. The number of carbonyl (C=O) groups excluding carboxylic acids is 1. The Kier molecular flexibility index (Phi) is 4.31. The molecule has 0 bridgehead atoms. The minimum atomic E-state index is -0.505. The number of benzene rings is 1. The predicted molar refractivity (Wildman–Crippen MR) is 105 cm³/mol. The van der Waals surface area contributed by atoms with Crippen LogP contribution < -0.4 is 5.73 Å². The van der Waals surface area contributed by atoms with Crippen LogP contribution in [0.3, 0.4) is 0 Å².